The number of rotatable bonds is 3. The molecule has 0 amide bonds. The van der Waals surface area contributed by atoms with Crippen molar-refractivity contribution in [2.24, 2.45) is 0 Å². The minimum atomic E-state index is 0. The predicted molar refractivity (Wildman–Crippen MR) is 76.9 cm³/mol. The maximum absolute atomic E-state index is 2.67. The molecule has 1 atom stereocenters. The van der Waals surface area contributed by atoms with Gasteiger partial charge in [0.05, 0.1) is 0 Å². The fourth-order valence-electron chi connectivity index (χ4n) is 2.62. The first-order valence-electron chi connectivity index (χ1n) is 6.64. The van der Waals surface area contributed by atoms with Crippen LogP contribution in [-0.4, -0.2) is 24.0 Å². The first-order valence-corrected chi connectivity index (χ1v) is 6.64. The zero-order valence-electron chi connectivity index (χ0n) is 10.8. The predicted octanol–water partition coefficient (Wildman–Crippen LogP) is 3.92. The Hall–Kier alpha value is -0.530. The Labute approximate surface area is 112 Å². The molecule has 2 heteroatoms. The monoisotopic (exact) mass is 253 g/mol. The third kappa shape index (κ3) is 4.69. The Bertz CT molecular complexity index is 291. The maximum Gasteiger partial charge on any atom is 0.0107 e. The van der Waals surface area contributed by atoms with E-state index in [1.807, 2.05) is 0 Å². The molecule has 1 aromatic carbocycles. The summed E-state index contributed by atoms with van der Waals surface area (Å²) in [6.45, 7) is 4.97. The van der Waals surface area contributed by atoms with Crippen LogP contribution in [0.2, 0.25) is 0 Å². The van der Waals surface area contributed by atoms with Crippen molar-refractivity contribution in [2.45, 2.75) is 45.1 Å². The highest BCUT2D eigenvalue weighted by Gasteiger charge is 2.15. The van der Waals surface area contributed by atoms with E-state index in [0.717, 1.165) is 0 Å². The van der Waals surface area contributed by atoms with Crippen LogP contribution in [0.25, 0.3) is 0 Å². The second-order valence-electron chi connectivity index (χ2n) is 4.99. The summed E-state index contributed by atoms with van der Waals surface area (Å²) in [5.74, 6) is 0. The molecule has 0 radical (unpaired) electrons. The van der Waals surface area contributed by atoms with Gasteiger partial charge in [-0.15, -0.1) is 12.4 Å². The van der Waals surface area contributed by atoms with Gasteiger partial charge in [0.15, 0.2) is 0 Å². The van der Waals surface area contributed by atoms with Gasteiger partial charge in [0.2, 0.25) is 0 Å². The molecule has 96 valence electrons. The summed E-state index contributed by atoms with van der Waals surface area (Å²) in [6, 6.07) is 11.6. The van der Waals surface area contributed by atoms with E-state index >= 15 is 0 Å². The van der Waals surface area contributed by atoms with Crippen LogP contribution in [0.4, 0.5) is 0 Å². The lowest BCUT2D eigenvalue weighted by molar-refractivity contribution is 0.216. The lowest BCUT2D eigenvalue weighted by Gasteiger charge is -2.27. The number of likely N-dealkylation sites (tertiary alicyclic amines) is 1. The Morgan fingerprint density at radius 3 is 2.18 bits per heavy atom. The Kier molecular flexibility index (Phi) is 6.61. The molecule has 0 aliphatic carbocycles. The van der Waals surface area contributed by atoms with Crippen molar-refractivity contribution in [3.8, 4) is 0 Å². The second-order valence-corrected chi connectivity index (χ2v) is 4.99. The van der Waals surface area contributed by atoms with Gasteiger partial charge in [-0.05, 0) is 44.8 Å². The molecule has 1 heterocycles. The van der Waals surface area contributed by atoms with Crippen LogP contribution in [-0.2, 0) is 6.42 Å². The van der Waals surface area contributed by atoms with E-state index in [1.54, 1.807) is 0 Å². The maximum atomic E-state index is 2.67. The van der Waals surface area contributed by atoms with E-state index in [1.165, 1.54) is 50.8 Å². The molecule has 0 N–H and O–H groups in total. The summed E-state index contributed by atoms with van der Waals surface area (Å²) in [4.78, 5) is 2.67. The second kappa shape index (κ2) is 7.73. The highest BCUT2D eigenvalue weighted by Crippen LogP contribution is 2.15. The standard InChI is InChI=1S/C15H23N.ClH/c1-14(13-15-9-5-4-6-10-15)16-11-7-2-3-8-12-16;/h4-6,9-10,14H,2-3,7-8,11-13H2,1H3;1H. The molecule has 1 saturated heterocycles. The fraction of sp³-hybridized carbons (Fsp3) is 0.600. The lowest BCUT2D eigenvalue weighted by Crippen LogP contribution is -2.35. The summed E-state index contributed by atoms with van der Waals surface area (Å²) in [7, 11) is 0. The van der Waals surface area contributed by atoms with Crippen LogP contribution in [0.3, 0.4) is 0 Å². The summed E-state index contributed by atoms with van der Waals surface area (Å²) in [5, 5.41) is 0. The summed E-state index contributed by atoms with van der Waals surface area (Å²) < 4.78 is 0. The number of hydrogen-bond acceptors (Lipinski definition) is 1. The van der Waals surface area contributed by atoms with Gasteiger partial charge in [-0.1, -0.05) is 43.2 Å². The van der Waals surface area contributed by atoms with Gasteiger partial charge in [-0.2, -0.15) is 0 Å². The van der Waals surface area contributed by atoms with Gasteiger partial charge >= 0.3 is 0 Å². The zero-order chi connectivity index (χ0) is 11.2. The van der Waals surface area contributed by atoms with E-state index in [4.69, 9.17) is 0 Å². The molecular formula is C15H24ClN. The third-order valence-electron chi connectivity index (χ3n) is 3.64. The van der Waals surface area contributed by atoms with E-state index in [0.29, 0.717) is 6.04 Å². The van der Waals surface area contributed by atoms with Crippen LogP contribution in [0, 0.1) is 0 Å². The first-order chi connectivity index (χ1) is 7.86. The van der Waals surface area contributed by atoms with Crippen molar-refractivity contribution in [1.29, 1.82) is 0 Å². The minimum absolute atomic E-state index is 0. The molecule has 0 aromatic heterocycles. The highest BCUT2D eigenvalue weighted by molar-refractivity contribution is 5.85. The van der Waals surface area contributed by atoms with Crippen LogP contribution in [0.15, 0.2) is 30.3 Å². The first kappa shape index (κ1) is 14.5. The third-order valence-corrected chi connectivity index (χ3v) is 3.64. The van der Waals surface area contributed by atoms with Crippen LogP contribution in [0.1, 0.15) is 38.2 Å². The van der Waals surface area contributed by atoms with Crippen molar-refractivity contribution in [1.82, 2.24) is 4.90 Å². The Morgan fingerprint density at radius 2 is 1.59 bits per heavy atom. The molecule has 1 nitrogen and oxygen atoms in total. The molecular weight excluding hydrogens is 230 g/mol. The molecule has 0 saturated carbocycles. The van der Waals surface area contributed by atoms with Gasteiger partial charge in [0.25, 0.3) is 0 Å². The van der Waals surface area contributed by atoms with E-state index in [-0.39, 0.29) is 12.4 Å². The summed E-state index contributed by atoms with van der Waals surface area (Å²) in [5.41, 5.74) is 1.47. The zero-order valence-corrected chi connectivity index (χ0v) is 11.6. The molecule has 2 rings (SSSR count). The van der Waals surface area contributed by atoms with Crippen LogP contribution < -0.4 is 0 Å². The SMILES string of the molecule is CC(Cc1ccccc1)N1CCCCCC1.Cl. The molecule has 0 bridgehead atoms. The molecule has 0 spiro atoms. The van der Waals surface area contributed by atoms with Gasteiger partial charge in [-0.25, -0.2) is 0 Å². The minimum Gasteiger partial charge on any atom is -0.300 e. The summed E-state index contributed by atoms with van der Waals surface area (Å²) >= 11 is 0. The normalized spacial score (nSPS) is 19.1. The molecule has 1 unspecified atom stereocenters. The molecule has 1 fully saturated rings. The van der Waals surface area contributed by atoms with Crippen molar-refractivity contribution >= 4 is 12.4 Å². The summed E-state index contributed by atoms with van der Waals surface area (Å²) in [6.07, 6.45) is 6.82. The van der Waals surface area contributed by atoms with E-state index in [9.17, 15) is 0 Å². The lowest BCUT2D eigenvalue weighted by atomic mass is 10.1. The van der Waals surface area contributed by atoms with Gasteiger partial charge in [0, 0.05) is 6.04 Å². The molecule has 1 aliphatic heterocycles. The Morgan fingerprint density at radius 1 is 1.00 bits per heavy atom. The number of benzene rings is 1. The highest BCUT2D eigenvalue weighted by atomic mass is 35.5. The molecule has 1 aliphatic rings. The fourth-order valence-corrected chi connectivity index (χ4v) is 2.62. The smallest absolute Gasteiger partial charge is 0.0107 e. The van der Waals surface area contributed by atoms with E-state index in [2.05, 4.69) is 42.2 Å². The van der Waals surface area contributed by atoms with Gasteiger partial charge < -0.3 is 4.90 Å². The topological polar surface area (TPSA) is 3.24 Å². The van der Waals surface area contributed by atoms with Gasteiger partial charge in [0.1, 0.15) is 0 Å². The largest absolute Gasteiger partial charge is 0.300 e. The van der Waals surface area contributed by atoms with Crippen molar-refractivity contribution in [2.75, 3.05) is 13.1 Å². The number of nitrogens with zero attached hydrogens (tertiary/aromatic N) is 1. The van der Waals surface area contributed by atoms with Gasteiger partial charge in [-0.3, -0.25) is 0 Å². The van der Waals surface area contributed by atoms with Crippen molar-refractivity contribution in [3.05, 3.63) is 35.9 Å². The quantitative estimate of drug-likeness (QED) is 0.789. The molecule has 1 aromatic rings. The average Bonchev–Trinajstić information content (AvgIpc) is 2.59. The number of halogens is 1. The van der Waals surface area contributed by atoms with Crippen molar-refractivity contribution < 1.29 is 0 Å². The van der Waals surface area contributed by atoms with Crippen molar-refractivity contribution in [3.63, 3.8) is 0 Å². The Balaban J connectivity index is 0.00000144. The van der Waals surface area contributed by atoms with Crippen LogP contribution in [0.5, 0.6) is 0 Å². The number of hydrogen-bond donors (Lipinski definition) is 0. The molecule has 17 heavy (non-hydrogen) atoms. The van der Waals surface area contributed by atoms with E-state index < -0.39 is 0 Å². The van der Waals surface area contributed by atoms with Crippen LogP contribution >= 0.6 is 12.4 Å². The average molecular weight is 254 g/mol.